The van der Waals surface area contributed by atoms with Crippen molar-refractivity contribution in [2.45, 2.75) is 49.2 Å². The Kier molecular flexibility index (Phi) is 7.80. The average Bonchev–Trinajstić information content (AvgIpc) is 2.38. The highest BCUT2D eigenvalue weighted by atomic mass is 19.4. The van der Waals surface area contributed by atoms with Crippen molar-refractivity contribution in [3.05, 3.63) is 0 Å². The fraction of sp³-hybridized carbons (Fsp3) is 1.00. The average molecular weight is 516 g/mol. The zero-order chi connectivity index (χ0) is 25.5. The first-order chi connectivity index (χ1) is 13.1. The third-order valence-corrected chi connectivity index (χ3v) is 2.22. The summed E-state index contributed by atoms with van der Waals surface area (Å²) in [4.78, 5) is 0. The summed E-state index contributed by atoms with van der Waals surface area (Å²) in [6.45, 7) is -3.39. The minimum atomic E-state index is -7.56. The van der Waals surface area contributed by atoms with Crippen molar-refractivity contribution in [3.63, 3.8) is 0 Å². The van der Waals surface area contributed by atoms with Crippen molar-refractivity contribution in [2.24, 2.45) is 0 Å². The number of ether oxygens (including phenoxy) is 4. The minimum Gasteiger partial charge on any atom is -0.306 e. The first kappa shape index (κ1) is 29.6. The lowest BCUT2D eigenvalue weighted by molar-refractivity contribution is -0.587. The van der Waals surface area contributed by atoms with Crippen LogP contribution in [0.2, 0.25) is 0 Å². The second kappa shape index (κ2) is 8.17. The Bertz CT molecular complexity index is 606. The van der Waals surface area contributed by atoms with Crippen LogP contribution in [0.25, 0.3) is 0 Å². The van der Waals surface area contributed by atoms with Gasteiger partial charge in [-0.1, -0.05) is 0 Å². The highest BCUT2D eigenvalue weighted by Gasteiger charge is 2.78. The summed E-state index contributed by atoms with van der Waals surface area (Å²) in [6.07, 6.45) is -48.8. The van der Waals surface area contributed by atoms with Gasteiger partial charge in [0.1, 0.15) is 6.61 Å². The van der Waals surface area contributed by atoms with Crippen molar-refractivity contribution in [3.8, 4) is 0 Å². The molecule has 0 heterocycles. The lowest BCUT2D eigenvalue weighted by atomic mass is 10.3. The van der Waals surface area contributed by atoms with Gasteiger partial charge in [-0.3, -0.25) is 0 Å². The predicted octanol–water partition coefficient (Wildman–Crippen LogP) is 5.69. The largest absolute Gasteiger partial charge is 0.527 e. The molecule has 31 heavy (non-hydrogen) atoms. The van der Waals surface area contributed by atoms with Crippen molar-refractivity contribution in [1.82, 2.24) is 0 Å². The standard InChI is InChI=1S/C9H2F18O4/c10-2(11,12)1-28-4(15,16)3(13,14)5(17,18)30-9(26,27)31-7(21,22)6(19,20)29-8(23,24)25/h1H2. The number of rotatable bonds is 10. The van der Waals surface area contributed by atoms with Gasteiger partial charge in [0.15, 0.2) is 0 Å². The zero-order valence-corrected chi connectivity index (χ0v) is 13.1. The molecule has 0 bridgehead atoms. The molecule has 0 aliphatic rings. The topological polar surface area (TPSA) is 36.9 Å². The first-order valence-corrected chi connectivity index (χ1v) is 6.22. The van der Waals surface area contributed by atoms with Gasteiger partial charge in [0.05, 0.1) is 0 Å². The van der Waals surface area contributed by atoms with Gasteiger partial charge >= 0.3 is 49.2 Å². The Morgan fingerprint density at radius 3 is 1.13 bits per heavy atom. The Morgan fingerprint density at radius 1 is 0.419 bits per heavy atom. The van der Waals surface area contributed by atoms with Crippen molar-refractivity contribution >= 4 is 0 Å². The molecular formula is C9H2F18O4. The van der Waals surface area contributed by atoms with Gasteiger partial charge in [0.25, 0.3) is 0 Å². The Morgan fingerprint density at radius 2 is 0.774 bits per heavy atom. The number of alkyl halides is 18. The molecule has 0 amide bonds. The highest BCUT2D eigenvalue weighted by molar-refractivity contribution is 4.87. The van der Waals surface area contributed by atoms with Crippen LogP contribution in [0, 0.1) is 0 Å². The van der Waals surface area contributed by atoms with E-state index in [1.54, 1.807) is 0 Å². The molecular weight excluding hydrogens is 514 g/mol. The summed E-state index contributed by atoms with van der Waals surface area (Å²) in [5.74, 6) is -7.56. The van der Waals surface area contributed by atoms with E-state index in [9.17, 15) is 79.0 Å². The maximum absolute atomic E-state index is 13.0. The van der Waals surface area contributed by atoms with E-state index in [0.717, 1.165) is 0 Å². The molecule has 0 aromatic carbocycles. The fourth-order valence-electron chi connectivity index (χ4n) is 1.08. The van der Waals surface area contributed by atoms with Gasteiger partial charge in [-0.05, 0) is 0 Å². The molecule has 0 radical (unpaired) electrons. The molecule has 0 saturated heterocycles. The van der Waals surface area contributed by atoms with Gasteiger partial charge in [-0.25, -0.2) is 14.2 Å². The van der Waals surface area contributed by atoms with Crippen molar-refractivity contribution in [1.29, 1.82) is 0 Å². The molecule has 0 aliphatic heterocycles. The Hall–Kier alpha value is -1.42. The molecule has 0 fully saturated rings. The molecule has 0 rings (SSSR count). The van der Waals surface area contributed by atoms with Crippen LogP contribution < -0.4 is 0 Å². The quantitative estimate of drug-likeness (QED) is 0.276. The van der Waals surface area contributed by atoms with Crippen molar-refractivity contribution in [2.75, 3.05) is 6.61 Å². The van der Waals surface area contributed by atoms with E-state index in [1.807, 2.05) is 0 Å². The molecule has 0 aromatic heterocycles. The van der Waals surface area contributed by atoms with Crippen LogP contribution in [0.1, 0.15) is 0 Å². The van der Waals surface area contributed by atoms with Crippen molar-refractivity contribution < 1.29 is 98.0 Å². The second-order valence-corrected chi connectivity index (χ2v) is 4.76. The van der Waals surface area contributed by atoms with Crippen LogP contribution in [0.15, 0.2) is 0 Å². The van der Waals surface area contributed by atoms with Crippen LogP contribution >= 0.6 is 0 Å². The molecule has 0 atom stereocenters. The van der Waals surface area contributed by atoms with Crippen LogP contribution in [0.5, 0.6) is 0 Å². The Balaban J connectivity index is 5.67. The zero-order valence-electron chi connectivity index (χ0n) is 13.1. The summed E-state index contributed by atoms with van der Waals surface area (Å²) in [6, 6.07) is 0. The summed E-state index contributed by atoms with van der Waals surface area (Å²) in [5, 5.41) is 0. The monoisotopic (exact) mass is 516 g/mol. The lowest BCUT2D eigenvalue weighted by Crippen LogP contribution is -2.60. The van der Waals surface area contributed by atoms with Gasteiger partial charge < -0.3 is 4.74 Å². The molecule has 0 saturated carbocycles. The molecule has 0 unspecified atom stereocenters. The summed E-state index contributed by atoms with van der Waals surface area (Å²) in [5.41, 5.74) is 0. The van der Waals surface area contributed by atoms with E-state index >= 15 is 0 Å². The van der Waals surface area contributed by atoms with Crippen LogP contribution in [0.4, 0.5) is 79.0 Å². The summed E-state index contributed by atoms with van der Waals surface area (Å²) >= 11 is 0. The molecule has 22 heteroatoms. The molecule has 4 nitrogen and oxygen atoms in total. The SMILES string of the molecule is FC(F)(F)COC(F)(F)C(F)(F)C(F)(F)OC(F)(F)OC(F)(F)C(F)(F)OC(F)(F)F. The third kappa shape index (κ3) is 7.89. The van der Waals surface area contributed by atoms with Gasteiger partial charge in [0.2, 0.25) is 0 Å². The highest BCUT2D eigenvalue weighted by Crippen LogP contribution is 2.51. The number of hydrogen-bond donors (Lipinski definition) is 0. The van der Waals surface area contributed by atoms with E-state index in [0.29, 0.717) is 0 Å². The first-order valence-electron chi connectivity index (χ1n) is 6.22. The van der Waals surface area contributed by atoms with E-state index in [-0.39, 0.29) is 0 Å². The minimum absolute atomic E-state index is 1.37. The van der Waals surface area contributed by atoms with Crippen LogP contribution in [-0.4, -0.2) is 55.8 Å². The lowest BCUT2D eigenvalue weighted by Gasteiger charge is -2.34. The van der Waals surface area contributed by atoms with Crippen LogP contribution in [0.3, 0.4) is 0 Å². The van der Waals surface area contributed by atoms with E-state index < -0.39 is 55.8 Å². The Labute approximate surface area is 155 Å². The van der Waals surface area contributed by atoms with E-state index in [1.165, 1.54) is 14.2 Å². The van der Waals surface area contributed by atoms with Gasteiger partial charge in [-0.15, -0.1) is 22.0 Å². The second-order valence-electron chi connectivity index (χ2n) is 4.76. The number of halogens is 18. The molecule has 0 spiro atoms. The molecule has 0 aromatic rings. The predicted molar refractivity (Wildman–Crippen MR) is 51.0 cm³/mol. The summed E-state index contributed by atoms with van der Waals surface area (Å²) < 4.78 is 229. The smallest absolute Gasteiger partial charge is 0.306 e. The van der Waals surface area contributed by atoms with E-state index in [2.05, 4.69) is 4.74 Å². The van der Waals surface area contributed by atoms with Gasteiger partial charge in [0, 0.05) is 0 Å². The maximum atomic E-state index is 13.0. The third-order valence-electron chi connectivity index (χ3n) is 2.22. The molecule has 0 N–H and O–H groups in total. The fourth-order valence-corrected chi connectivity index (χ4v) is 1.08. The van der Waals surface area contributed by atoms with Crippen LogP contribution in [-0.2, 0) is 18.9 Å². The number of hydrogen-bond acceptors (Lipinski definition) is 4. The van der Waals surface area contributed by atoms with E-state index in [4.69, 9.17) is 0 Å². The normalized spacial score (nSPS) is 16.1. The summed E-state index contributed by atoms with van der Waals surface area (Å²) in [7, 11) is 0. The molecule has 0 aliphatic carbocycles. The van der Waals surface area contributed by atoms with Gasteiger partial charge in [-0.2, -0.15) is 57.1 Å². The molecule has 188 valence electrons. The maximum Gasteiger partial charge on any atom is 0.527 e.